The average molecular weight is 870 g/mol. The Labute approximate surface area is 370 Å². The molecule has 0 saturated carbocycles. The molecular formula is C55H53F6N3. The van der Waals surface area contributed by atoms with E-state index in [1.165, 1.54) is 0 Å². The molecule has 0 unspecified atom stereocenters. The van der Waals surface area contributed by atoms with E-state index in [-0.39, 0.29) is 55.8 Å². The molecule has 0 saturated heterocycles. The number of hydrogen-bond donors (Lipinski definition) is 0. The highest BCUT2D eigenvalue weighted by molar-refractivity contribution is 6.12. The van der Waals surface area contributed by atoms with E-state index in [9.17, 15) is 31.6 Å². The number of rotatable bonds is 3. The molecule has 330 valence electrons. The van der Waals surface area contributed by atoms with Gasteiger partial charge in [0.2, 0.25) is 0 Å². The molecule has 6 aromatic carbocycles. The van der Waals surface area contributed by atoms with Gasteiger partial charge in [-0.05, 0) is 128 Å². The minimum Gasteiger partial charge on any atom is -0.308 e. The van der Waals surface area contributed by atoms with Crippen LogP contribution < -0.4 is 0 Å². The number of nitriles is 1. The van der Waals surface area contributed by atoms with Crippen molar-refractivity contribution in [1.29, 1.82) is 5.26 Å². The van der Waals surface area contributed by atoms with E-state index in [1.54, 1.807) is 12.1 Å². The standard InChI is InChI=1S/C55H53F6N3/c1-50(2,3)33-13-17-43-39(26-33)40-27-34(51(4,5)6)14-18-44(40)63(43)47-21-31(30-62)22-48(49(47)32-23-37(54(56,57)58)25-38(24-32)55(59,60)61)64-45-19-15-35(52(7,8)9)28-41(45)42-29-36(53(10,11)12)16-20-46(42)64/h13-29H,1-12H3. The van der Waals surface area contributed by atoms with Gasteiger partial charge in [-0.25, -0.2) is 0 Å². The van der Waals surface area contributed by atoms with Crippen LogP contribution in [-0.2, 0) is 34.0 Å². The molecule has 0 aliphatic rings. The van der Waals surface area contributed by atoms with Gasteiger partial charge in [-0.1, -0.05) is 107 Å². The molecule has 9 heteroatoms. The first-order chi connectivity index (χ1) is 29.5. The SMILES string of the molecule is CC(C)(C)c1ccc2c(c1)c1cc(C(C)(C)C)ccc1n2-c1cc(C#N)cc(-n2c3ccc(C(C)(C)C)cc3c3cc(C(C)(C)C)ccc32)c1-c1cc(C(F)(F)F)cc(C(F)(F)F)c1. The molecule has 0 fully saturated rings. The van der Waals surface area contributed by atoms with Crippen LogP contribution in [0, 0.1) is 11.3 Å². The lowest BCUT2D eigenvalue weighted by Gasteiger charge is -2.23. The van der Waals surface area contributed by atoms with E-state index in [0.29, 0.717) is 22.1 Å². The first-order valence-electron chi connectivity index (χ1n) is 21.5. The fourth-order valence-corrected chi connectivity index (χ4v) is 8.86. The monoisotopic (exact) mass is 869 g/mol. The van der Waals surface area contributed by atoms with Gasteiger partial charge in [0.05, 0.1) is 56.2 Å². The predicted molar refractivity (Wildman–Crippen MR) is 250 cm³/mol. The summed E-state index contributed by atoms with van der Waals surface area (Å²) in [6, 6.07) is 31.6. The minimum absolute atomic E-state index is 0.104. The Hall–Kier alpha value is -6.01. The molecule has 0 atom stereocenters. The molecule has 0 aliphatic heterocycles. The first-order valence-corrected chi connectivity index (χ1v) is 21.5. The molecule has 0 aliphatic carbocycles. The number of aromatic nitrogens is 2. The summed E-state index contributed by atoms with van der Waals surface area (Å²) in [5.41, 5.74) is 3.62. The summed E-state index contributed by atoms with van der Waals surface area (Å²) in [5.74, 6) is 0. The van der Waals surface area contributed by atoms with E-state index in [1.807, 2.05) is 57.7 Å². The lowest BCUT2D eigenvalue weighted by molar-refractivity contribution is -0.143. The third-order valence-electron chi connectivity index (χ3n) is 12.6. The van der Waals surface area contributed by atoms with Gasteiger partial charge in [-0.2, -0.15) is 31.6 Å². The van der Waals surface area contributed by atoms with Crippen molar-refractivity contribution < 1.29 is 26.3 Å². The number of benzene rings is 6. The lowest BCUT2D eigenvalue weighted by Crippen LogP contribution is -2.12. The summed E-state index contributed by atoms with van der Waals surface area (Å²) in [7, 11) is 0. The second kappa shape index (κ2) is 14.5. The molecule has 0 bridgehead atoms. The maximum absolute atomic E-state index is 14.9. The van der Waals surface area contributed by atoms with Crippen LogP contribution in [0.3, 0.4) is 0 Å². The quantitative estimate of drug-likeness (QED) is 0.163. The van der Waals surface area contributed by atoms with Gasteiger partial charge < -0.3 is 9.13 Å². The van der Waals surface area contributed by atoms with Crippen LogP contribution in [0.2, 0.25) is 0 Å². The molecule has 2 heterocycles. The largest absolute Gasteiger partial charge is 0.416 e. The van der Waals surface area contributed by atoms with E-state index in [0.717, 1.165) is 55.9 Å². The number of halogens is 6. The molecule has 0 spiro atoms. The fraction of sp³-hybridized carbons (Fsp3) is 0.327. The second-order valence-electron chi connectivity index (χ2n) is 21.4. The van der Waals surface area contributed by atoms with Crippen molar-refractivity contribution in [2.75, 3.05) is 0 Å². The molecule has 0 radical (unpaired) electrons. The van der Waals surface area contributed by atoms with Crippen LogP contribution >= 0.6 is 0 Å². The Balaban J connectivity index is 1.63. The van der Waals surface area contributed by atoms with Crippen LogP contribution in [0.25, 0.3) is 66.1 Å². The zero-order chi connectivity index (χ0) is 46.9. The Kier molecular flexibility index (Phi) is 10.1. The topological polar surface area (TPSA) is 33.6 Å². The van der Waals surface area contributed by atoms with Crippen molar-refractivity contribution in [1.82, 2.24) is 9.13 Å². The Morgan fingerprint density at radius 3 is 0.891 bits per heavy atom. The minimum atomic E-state index is -5.11. The van der Waals surface area contributed by atoms with E-state index < -0.39 is 23.5 Å². The van der Waals surface area contributed by atoms with Gasteiger partial charge in [0.25, 0.3) is 0 Å². The summed E-state index contributed by atoms with van der Waals surface area (Å²) in [4.78, 5) is 0. The van der Waals surface area contributed by atoms with Gasteiger partial charge in [0.1, 0.15) is 0 Å². The van der Waals surface area contributed by atoms with Crippen LogP contribution in [0.15, 0.2) is 103 Å². The maximum Gasteiger partial charge on any atom is 0.416 e. The predicted octanol–water partition coefficient (Wildman–Crippen LogP) is 16.6. The Bertz CT molecular complexity index is 2880. The second-order valence-corrected chi connectivity index (χ2v) is 21.4. The highest BCUT2D eigenvalue weighted by Gasteiger charge is 2.38. The lowest BCUT2D eigenvalue weighted by atomic mass is 9.85. The summed E-state index contributed by atoms with van der Waals surface area (Å²) < 4.78 is 93.0. The third kappa shape index (κ3) is 7.73. The zero-order valence-corrected chi connectivity index (χ0v) is 38.4. The van der Waals surface area contributed by atoms with Crippen molar-refractivity contribution in [2.24, 2.45) is 0 Å². The van der Waals surface area contributed by atoms with Crippen LogP contribution in [0.1, 0.15) is 122 Å². The van der Waals surface area contributed by atoms with Crippen molar-refractivity contribution in [3.05, 3.63) is 142 Å². The third-order valence-corrected chi connectivity index (χ3v) is 12.6. The van der Waals surface area contributed by atoms with Crippen LogP contribution in [-0.4, -0.2) is 9.13 Å². The van der Waals surface area contributed by atoms with Crippen LogP contribution in [0.4, 0.5) is 26.3 Å². The number of alkyl halides is 6. The summed E-state index contributed by atoms with van der Waals surface area (Å²) in [6.07, 6.45) is -10.2. The van der Waals surface area contributed by atoms with E-state index in [4.69, 9.17) is 0 Å². The Morgan fingerprint density at radius 1 is 0.375 bits per heavy atom. The molecule has 2 aromatic heterocycles. The van der Waals surface area contributed by atoms with Crippen LogP contribution in [0.5, 0.6) is 0 Å². The molecular weight excluding hydrogens is 817 g/mol. The average Bonchev–Trinajstić information content (AvgIpc) is 3.69. The van der Waals surface area contributed by atoms with E-state index in [2.05, 4.69) is 113 Å². The van der Waals surface area contributed by atoms with Gasteiger partial charge in [-0.15, -0.1) is 0 Å². The maximum atomic E-state index is 14.9. The normalized spacial score (nSPS) is 13.5. The van der Waals surface area contributed by atoms with Crippen molar-refractivity contribution in [3.63, 3.8) is 0 Å². The molecule has 8 rings (SSSR count). The van der Waals surface area contributed by atoms with Gasteiger partial charge in [0.15, 0.2) is 0 Å². The van der Waals surface area contributed by atoms with Gasteiger partial charge in [0, 0.05) is 27.1 Å². The molecule has 64 heavy (non-hydrogen) atoms. The van der Waals surface area contributed by atoms with E-state index >= 15 is 0 Å². The number of hydrogen-bond acceptors (Lipinski definition) is 1. The molecule has 0 amide bonds. The highest BCUT2D eigenvalue weighted by atomic mass is 19.4. The van der Waals surface area contributed by atoms with Gasteiger partial charge >= 0.3 is 12.4 Å². The smallest absolute Gasteiger partial charge is 0.308 e. The first kappa shape index (κ1) is 44.6. The Morgan fingerprint density at radius 2 is 0.656 bits per heavy atom. The zero-order valence-electron chi connectivity index (χ0n) is 38.4. The highest BCUT2D eigenvalue weighted by Crippen LogP contribution is 2.47. The fourth-order valence-electron chi connectivity index (χ4n) is 8.86. The molecule has 8 aromatic rings. The van der Waals surface area contributed by atoms with Crippen molar-refractivity contribution in [2.45, 2.75) is 117 Å². The number of nitrogens with zero attached hydrogens (tertiary/aromatic N) is 3. The summed E-state index contributed by atoms with van der Waals surface area (Å²) in [5, 5.41) is 14.3. The molecule has 0 N–H and O–H groups in total. The summed E-state index contributed by atoms with van der Waals surface area (Å²) >= 11 is 0. The molecule has 3 nitrogen and oxygen atoms in total. The number of fused-ring (bicyclic) bond motifs is 6. The van der Waals surface area contributed by atoms with Crippen molar-refractivity contribution in [3.8, 4) is 28.6 Å². The summed E-state index contributed by atoms with van der Waals surface area (Å²) in [6.45, 7) is 25.3. The van der Waals surface area contributed by atoms with Crippen molar-refractivity contribution >= 4 is 43.6 Å². The van der Waals surface area contributed by atoms with Gasteiger partial charge in [-0.3, -0.25) is 0 Å².